The standard InChI is InChI=1S/C18H23O3P/c1-13-11-14(2)18(15(3)12-13)22(20,21)10-9-17(19)16-7-5-4-6-8-16/h4-8,11-12,20-22H,9-10H2,1-3H3. The SMILES string of the molecule is Cc1cc(C)c([PH](O)(O)CCC(=O)c2ccccc2)c(C)c1. The number of Topliss-reactive ketones (excluding diaryl/α,β-unsaturated/α-hetero) is 1. The first kappa shape index (κ1) is 16.8. The van der Waals surface area contributed by atoms with Crippen molar-refractivity contribution < 1.29 is 14.6 Å². The zero-order valence-electron chi connectivity index (χ0n) is 13.3. The van der Waals surface area contributed by atoms with E-state index in [2.05, 4.69) is 0 Å². The molecule has 0 radical (unpaired) electrons. The quantitative estimate of drug-likeness (QED) is 0.658. The summed E-state index contributed by atoms with van der Waals surface area (Å²) in [6.07, 6.45) is 0.265. The number of benzene rings is 2. The summed E-state index contributed by atoms with van der Waals surface area (Å²) >= 11 is 0. The van der Waals surface area contributed by atoms with Gasteiger partial charge in [-0.3, -0.25) is 0 Å². The molecule has 0 amide bonds. The Balaban J connectivity index is 2.17. The molecule has 2 aromatic carbocycles. The first-order valence-electron chi connectivity index (χ1n) is 7.42. The van der Waals surface area contributed by atoms with Gasteiger partial charge in [0.25, 0.3) is 0 Å². The number of carbonyl (C=O) groups excluding carboxylic acids is 1. The van der Waals surface area contributed by atoms with E-state index >= 15 is 0 Å². The number of carbonyl (C=O) groups is 1. The molecule has 0 aliphatic heterocycles. The molecule has 118 valence electrons. The maximum absolute atomic E-state index is 12.1. The third-order valence-electron chi connectivity index (χ3n) is 3.87. The topological polar surface area (TPSA) is 57.5 Å². The Hall–Kier alpha value is -1.54. The Morgan fingerprint density at radius 3 is 2.09 bits per heavy atom. The summed E-state index contributed by atoms with van der Waals surface area (Å²) in [5.41, 5.74) is 3.50. The van der Waals surface area contributed by atoms with Gasteiger partial charge in [-0.2, -0.15) is 0 Å². The van der Waals surface area contributed by atoms with Gasteiger partial charge in [-0.15, -0.1) is 0 Å². The fourth-order valence-corrected chi connectivity index (χ4v) is 5.23. The van der Waals surface area contributed by atoms with Crippen molar-refractivity contribution in [2.24, 2.45) is 0 Å². The normalized spacial score (nSPS) is 12.2. The number of hydrogen-bond donors (Lipinski definition) is 2. The second-order valence-electron chi connectivity index (χ2n) is 5.88. The van der Waals surface area contributed by atoms with Gasteiger partial charge >= 0.3 is 131 Å². The minimum atomic E-state index is -3.61. The Labute approximate surface area is 132 Å². The van der Waals surface area contributed by atoms with Gasteiger partial charge in [0.1, 0.15) is 0 Å². The minimum absolute atomic E-state index is 0.0528. The van der Waals surface area contributed by atoms with Gasteiger partial charge in [-0.25, -0.2) is 0 Å². The molecule has 2 aromatic rings. The van der Waals surface area contributed by atoms with Gasteiger partial charge in [0.15, 0.2) is 0 Å². The van der Waals surface area contributed by atoms with Crippen LogP contribution in [0.3, 0.4) is 0 Å². The molecule has 3 nitrogen and oxygen atoms in total. The summed E-state index contributed by atoms with van der Waals surface area (Å²) in [5.74, 6) is -0.0528. The van der Waals surface area contributed by atoms with Crippen molar-refractivity contribution >= 4 is 18.8 Å². The van der Waals surface area contributed by atoms with E-state index < -0.39 is 7.72 Å². The monoisotopic (exact) mass is 318 g/mol. The first-order valence-corrected chi connectivity index (χ1v) is 9.53. The summed E-state index contributed by atoms with van der Waals surface area (Å²) < 4.78 is 0. The molecular weight excluding hydrogens is 295 g/mol. The number of rotatable bonds is 5. The van der Waals surface area contributed by atoms with Gasteiger partial charge in [0.2, 0.25) is 0 Å². The molecule has 22 heavy (non-hydrogen) atoms. The Morgan fingerprint density at radius 1 is 1.00 bits per heavy atom. The average molecular weight is 318 g/mol. The van der Waals surface area contributed by atoms with Gasteiger partial charge in [0, 0.05) is 0 Å². The molecule has 0 fully saturated rings. The Morgan fingerprint density at radius 2 is 1.55 bits per heavy atom. The van der Waals surface area contributed by atoms with Crippen LogP contribution in [-0.4, -0.2) is 21.7 Å². The summed E-state index contributed by atoms with van der Waals surface area (Å²) in [6.45, 7) is 5.77. The molecule has 0 bridgehead atoms. The van der Waals surface area contributed by atoms with Gasteiger partial charge < -0.3 is 0 Å². The molecule has 2 N–H and O–H groups in total. The second kappa shape index (κ2) is 6.70. The Bertz CT molecular complexity index is 655. The van der Waals surface area contributed by atoms with Gasteiger partial charge in [0.05, 0.1) is 0 Å². The third-order valence-corrected chi connectivity index (χ3v) is 6.41. The maximum atomic E-state index is 12.1. The van der Waals surface area contributed by atoms with Crippen LogP contribution in [-0.2, 0) is 0 Å². The van der Waals surface area contributed by atoms with E-state index in [1.54, 1.807) is 12.1 Å². The molecule has 2 rings (SSSR count). The first-order chi connectivity index (χ1) is 10.3. The zero-order chi connectivity index (χ0) is 16.3. The van der Waals surface area contributed by atoms with Crippen LogP contribution in [0.25, 0.3) is 0 Å². The van der Waals surface area contributed by atoms with Crippen molar-refractivity contribution in [3.8, 4) is 0 Å². The predicted molar refractivity (Wildman–Crippen MR) is 93.3 cm³/mol. The molecule has 0 aliphatic rings. The van der Waals surface area contributed by atoms with Crippen LogP contribution in [0.15, 0.2) is 42.5 Å². The fraction of sp³-hybridized carbons (Fsp3) is 0.278. The molecule has 4 heteroatoms. The van der Waals surface area contributed by atoms with E-state index in [-0.39, 0.29) is 18.4 Å². The molecule has 0 unspecified atom stereocenters. The van der Waals surface area contributed by atoms with E-state index in [0.29, 0.717) is 10.9 Å². The summed E-state index contributed by atoms with van der Waals surface area (Å²) in [5, 5.41) is 0.638. The molecule has 0 heterocycles. The summed E-state index contributed by atoms with van der Waals surface area (Å²) in [7, 11) is -3.61. The van der Waals surface area contributed by atoms with Crippen molar-refractivity contribution in [2.45, 2.75) is 27.2 Å². The molecule has 0 spiro atoms. The van der Waals surface area contributed by atoms with Crippen LogP contribution in [0.1, 0.15) is 33.5 Å². The van der Waals surface area contributed by atoms with Crippen LogP contribution < -0.4 is 5.30 Å². The number of aryl methyl sites for hydroxylation is 3. The average Bonchev–Trinajstić information content (AvgIpc) is 2.44. The van der Waals surface area contributed by atoms with Crippen molar-refractivity contribution in [3.63, 3.8) is 0 Å². The van der Waals surface area contributed by atoms with Crippen molar-refractivity contribution in [3.05, 3.63) is 64.7 Å². The number of hydrogen-bond acceptors (Lipinski definition) is 3. The van der Waals surface area contributed by atoms with Crippen molar-refractivity contribution in [1.82, 2.24) is 0 Å². The van der Waals surface area contributed by atoms with Crippen LogP contribution in [0.4, 0.5) is 0 Å². The summed E-state index contributed by atoms with van der Waals surface area (Å²) in [6, 6.07) is 12.9. The van der Waals surface area contributed by atoms with E-state index in [1.807, 2.05) is 51.1 Å². The molecule has 0 atom stereocenters. The summed E-state index contributed by atoms with van der Waals surface area (Å²) in [4.78, 5) is 33.3. The van der Waals surface area contributed by atoms with Crippen molar-refractivity contribution in [1.29, 1.82) is 0 Å². The molecule has 0 aromatic heterocycles. The number of ketones is 1. The molecule has 0 saturated carbocycles. The van der Waals surface area contributed by atoms with E-state index in [9.17, 15) is 14.6 Å². The second-order valence-corrected chi connectivity index (χ2v) is 8.51. The molecular formula is C18H23O3P. The zero-order valence-corrected chi connectivity index (χ0v) is 14.3. The van der Waals surface area contributed by atoms with E-state index in [1.165, 1.54) is 0 Å². The van der Waals surface area contributed by atoms with Crippen molar-refractivity contribution in [2.75, 3.05) is 6.16 Å². The van der Waals surface area contributed by atoms with E-state index in [4.69, 9.17) is 0 Å². The molecule has 0 saturated heterocycles. The van der Waals surface area contributed by atoms with Gasteiger partial charge in [-0.1, -0.05) is 0 Å². The van der Waals surface area contributed by atoms with Crippen LogP contribution in [0.5, 0.6) is 0 Å². The predicted octanol–water partition coefficient (Wildman–Crippen LogP) is 3.07. The van der Waals surface area contributed by atoms with Gasteiger partial charge in [-0.05, 0) is 0 Å². The van der Waals surface area contributed by atoms with Crippen LogP contribution in [0, 0.1) is 20.8 Å². The molecule has 0 aliphatic carbocycles. The fourth-order valence-electron chi connectivity index (χ4n) is 2.99. The third kappa shape index (κ3) is 3.80. The van der Waals surface area contributed by atoms with E-state index in [0.717, 1.165) is 16.7 Å². The van der Waals surface area contributed by atoms with Crippen LogP contribution in [0.2, 0.25) is 0 Å². The van der Waals surface area contributed by atoms with Crippen LogP contribution >= 0.6 is 7.72 Å². The Kier molecular flexibility index (Phi) is 5.12.